The lowest BCUT2D eigenvalue weighted by molar-refractivity contribution is -0.149. The van der Waals surface area contributed by atoms with Crippen molar-refractivity contribution in [1.29, 1.82) is 5.41 Å². The second-order valence-electron chi connectivity index (χ2n) is 18.4. The zero-order chi connectivity index (χ0) is 52.0. The number of aliphatic carboxylic acids is 1. The summed E-state index contributed by atoms with van der Waals surface area (Å²) in [7, 11) is 0. The highest BCUT2D eigenvalue weighted by Crippen LogP contribution is 2.20. The lowest BCUT2D eigenvalue weighted by atomic mass is 10.0. The lowest BCUT2D eigenvalue weighted by Crippen LogP contribution is -2.60. The molecule has 0 aliphatic carbocycles. The molecule has 0 bridgehead atoms. The zero-order valence-electron chi connectivity index (χ0n) is 41.1. The van der Waals surface area contributed by atoms with Crippen molar-refractivity contribution in [3.63, 3.8) is 0 Å². The van der Waals surface area contributed by atoms with Crippen LogP contribution in [0.25, 0.3) is 0 Å². The first-order valence-electron chi connectivity index (χ1n) is 24.9. The van der Waals surface area contributed by atoms with Crippen molar-refractivity contribution < 1.29 is 43.5 Å². The maximum absolute atomic E-state index is 14.5. The predicted octanol–water partition coefficient (Wildman–Crippen LogP) is 0.924. The van der Waals surface area contributed by atoms with Gasteiger partial charge in [-0.25, -0.2) is 4.79 Å². The van der Waals surface area contributed by atoms with Gasteiger partial charge in [0.05, 0.1) is 6.04 Å². The number of amides is 7. The van der Waals surface area contributed by atoms with E-state index >= 15 is 0 Å². The lowest BCUT2D eigenvalue weighted by Gasteiger charge is -2.29. The van der Waals surface area contributed by atoms with Gasteiger partial charge in [-0.2, -0.15) is 0 Å². The number of nitrogens with one attached hydrogen (secondary N) is 9. The first-order valence-corrected chi connectivity index (χ1v) is 24.9. The first-order chi connectivity index (χ1) is 34.6. The van der Waals surface area contributed by atoms with Crippen LogP contribution in [-0.4, -0.2) is 131 Å². The molecule has 0 saturated carbocycles. The molecule has 5 rings (SSSR count). The van der Waals surface area contributed by atoms with Crippen LogP contribution in [-0.2, 0) is 57.6 Å². The molecule has 7 amide bonds. The van der Waals surface area contributed by atoms with Crippen LogP contribution in [0.4, 0.5) is 0 Å². The zero-order valence-corrected chi connectivity index (χ0v) is 41.1. The molecule has 0 radical (unpaired) electrons. The Labute approximate surface area is 420 Å². The SMILES string of the molecule is CCCC[C@H](NC(=O)[C@H](Cc1ccccc1)NC(=O)[C@H](Cc1ccccc1)NC(=O)[C@H](CCCNC(=N)N)NC(=O)[C@@H]1CCCN1)C(=O)N[C@@H](C)C(=O)N[C@@H](Cc1ccccc1)C(=O)N1CCC[C@@H]1C(=O)O. The second kappa shape index (κ2) is 28.5. The molecule has 20 heteroatoms. The van der Waals surface area contributed by atoms with Crippen LogP contribution in [0.1, 0.15) is 88.3 Å². The van der Waals surface area contributed by atoms with Crippen LogP contribution in [0.15, 0.2) is 91.0 Å². The molecule has 3 aromatic carbocycles. The summed E-state index contributed by atoms with van der Waals surface area (Å²) in [5.74, 6) is -5.71. The van der Waals surface area contributed by atoms with Gasteiger partial charge in [0.25, 0.3) is 0 Å². The first kappa shape index (κ1) is 55.6. The quantitative estimate of drug-likeness (QED) is 0.0289. The smallest absolute Gasteiger partial charge is 0.326 e. The Morgan fingerprint density at radius 1 is 0.639 bits per heavy atom. The minimum absolute atomic E-state index is 0.00184. The summed E-state index contributed by atoms with van der Waals surface area (Å²) < 4.78 is 0. The Morgan fingerprint density at radius 2 is 1.11 bits per heavy atom. The summed E-state index contributed by atoms with van der Waals surface area (Å²) in [5, 5.41) is 39.9. The average Bonchev–Trinajstić information content (AvgIpc) is 4.11. The maximum atomic E-state index is 14.5. The summed E-state index contributed by atoms with van der Waals surface area (Å²) in [4.78, 5) is 112. The number of rotatable bonds is 27. The molecule has 2 aliphatic rings. The number of likely N-dealkylation sites (tertiary alicyclic amines) is 1. The van der Waals surface area contributed by atoms with E-state index in [1.807, 2.05) is 19.1 Å². The number of unbranched alkanes of at least 4 members (excludes halogenated alkanes) is 1. The highest BCUT2D eigenvalue weighted by Gasteiger charge is 2.39. The third-order valence-electron chi connectivity index (χ3n) is 12.8. The normalized spacial score (nSPS) is 17.7. The average molecular weight is 994 g/mol. The fraction of sp³-hybridized carbons (Fsp3) is 0.481. The van der Waals surface area contributed by atoms with Crippen molar-refractivity contribution in [3.8, 4) is 0 Å². The number of hydrogen-bond donors (Lipinski definition) is 11. The standard InChI is InChI=1S/C52H71N11O9/c1-3-4-23-38(46(66)57-33(2)44(64)62-42(32-36-21-12-7-13-22-36)50(70)63-29-16-26-43(63)51(71)72)59-48(68)40(30-34-17-8-5-9-18-34)61-49(69)41(31-35-19-10-6-11-20-35)60-47(67)39(25-15-28-56-52(53)54)58-45(65)37-24-14-27-55-37/h5-13,17-22,33,37-43,55H,3-4,14-16,23-32H2,1-2H3,(H,57,66)(H,58,65)(H,59,68)(H,60,67)(H,61,69)(H,62,64)(H,71,72)(H4,53,54,56)/t33-,37-,38-,39-,40-,41-,42-,43+/m0/s1. The molecular formula is C52H71N11O9. The van der Waals surface area contributed by atoms with E-state index in [1.165, 1.54) is 11.8 Å². The Kier molecular flexibility index (Phi) is 22.0. The van der Waals surface area contributed by atoms with Crippen molar-refractivity contribution in [2.24, 2.45) is 5.73 Å². The van der Waals surface area contributed by atoms with Gasteiger partial charge in [-0.3, -0.25) is 39.0 Å². The van der Waals surface area contributed by atoms with Crippen molar-refractivity contribution in [3.05, 3.63) is 108 Å². The third-order valence-corrected chi connectivity index (χ3v) is 12.8. The van der Waals surface area contributed by atoms with Crippen molar-refractivity contribution >= 4 is 53.3 Å². The molecule has 2 saturated heterocycles. The van der Waals surface area contributed by atoms with Crippen molar-refractivity contribution in [2.75, 3.05) is 19.6 Å². The number of benzene rings is 3. The molecule has 2 aliphatic heterocycles. The molecule has 0 aromatic heterocycles. The Balaban J connectivity index is 1.34. The minimum Gasteiger partial charge on any atom is -0.480 e. The number of hydrogen-bond acceptors (Lipinski definition) is 10. The minimum atomic E-state index is -1.26. The fourth-order valence-corrected chi connectivity index (χ4v) is 8.80. The molecular weight excluding hydrogens is 923 g/mol. The maximum Gasteiger partial charge on any atom is 0.326 e. The molecule has 2 heterocycles. The van der Waals surface area contributed by atoms with E-state index in [4.69, 9.17) is 11.1 Å². The van der Waals surface area contributed by atoms with Crippen molar-refractivity contribution in [2.45, 2.75) is 139 Å². The predicted molar refractivity (Wildman–Crippen MR) is 270 cm³/mol. The molecule has 0 unspecified atom stereocenters. The van der Waals surface area contributed by atoms with E-state index in [9.17, 15) is 43.5 Å². The highest BCUT2D eigenvalue weighted by molar-refractivity contribution is 5.98. The van der Waals surface area contributed by atoms with Crippen molar-refractivity contribution in [1.82, 2.24) is 47.4 Å². The monoisotopic (exact) mass is 994 g/mol. The van der Waals surface area contributed by atoms with E-state index in [-0.39, 0.29) is 63.5 Å². The van der Waals surface area contributed by atoms with Gasteiger partial charge >= 0.3 is 5.97 Å². The van der Waals surface area contributed by atoms with Crippen LogP contribution in [0.5, 0.6) is 0 Å². The van der Waals surface area contributed by atoms with E-state index in [1.54, 1.807) is 78.9 Å². The summed E-state index contributed by atoms with van der Waals surface area (Å²) in [5.41, 5.74) is 7.58. The van der Waals surface area contributed by atoms with E-state index in [0.29, 0.717) is 49.8 Å². The van der Waals surface area contributed by atoms with Crippen LogP contribution in [0.3, 0.4) is 0 Å². The van der Waals surface area contributed by atoms with Gasteiger partial charge in [0.2, 0.25) is 41.4 Å². The van der Waals surface area contributed by atoms with E-state index < -0.39 is 89.7 Å². The van der Waals surface area contributed by atoms with Gasteiger partial charge in [0, 0.05) is 32.4 Å². The molecule has 0 spiro atoms. The summed E-state index contributed by atoms with van der Waals surface area (Å²) in [6.45, 7) is 4.49. The number of carboxylic acid groups (broad SMARTS) is 1. The fourth-order valence-electron chi connectivity index (χ4n) is 8.80. The number of carbonyl (C=O) groups excluding carboxylic acids is 7. The highest BCUT2D eigenvalue weighted by atomic mass is 16.4. The van der Waals surface area contributed by atoms with Gasteiger partial charge in [-0.1, -0.05) is 111 Å². The summed E-state index contributed by atoms with van der Waals surface area (Å²) in [6.07, 6.45) is 4.11. The van der Waals surface area contributed by atoms with Gasteiger partial charge in [0.1, 0.15) is 42.3 Å². The van der Waals surface area contributed by atoms with Crippen LogP contribution < -0.4 is 48.3 Å². The Bertz CT molecular complexity index is 2300. The second-order valence-corrected chi connectivity index (χ2v) is 18.4. The summed E-state index contributed by atoms with van der Waals surface area (Å²) in [6, 6.07) is 18.3. The largest absolute Gasteiger partial charge is 0.480 e. The molecule has 12 N–H and O–H groups in total. The van der Waals surface area contributed by atoms with Gasteiger partial charge < -0.3 is 58.3 Å². The number of guanidine groups is 1. The number of carboxylic acids is 1. The third kappa shape index (κ3) is 17.5. The molecule has 388 valence electrons. The molecule has 2 fully saturated rings. The molecule has 8 atom stereocenters. The molecule has 3 aromatic rings. The molecule has 20 nitrogen and oxygen atoms in total. The number of nitrogens with zero attached hydrogens (tertiary/aromatic N) is 1. The number of carbonyl (C=O) groups is 8. The Hall–Kier alpha value is -7.35. The van der Waals surface area contributed by atoms with Gasteiger partial charge in [0.15, 0.2) is 5.96 Å². The Morgan fingerprint density at radius 3 is 1.61 bits per heavy atom. The topological polar surface area (TPSA) is 306 Å². The van der Waals surface area contributed by atoms with Crippen LogP contribution in [0, 0.1) is 5.41 Å². The van der Waals surface area contributed by atoms with E-state index in [2.05, 4.69) is 42.5 Å². The van der Waals surface area contributed by atoms with E-state index in [0.717, 1.165) is 12.0 Å². The van der Waals surface area contributed by atoms with Gasteiger partial charge in [-0.05, 0) is 75.1 Å². The number of nitrogens with two attached hydrogens (primary N) is 1. The van der Waals surface area contributed by atoms with Gasteiger partial charge in [-0.15, -0.1) is 0 Å². The van der Waals surface area contributed by atoms with Crippen LogP contribution >= 0.6 is 0 Å². The molecule has 72 heavy (non-hydrogen) atoms. The van der Waals surface area contributed by atoms with Crippen LogP contribution in [0.2, 0.25) is 0 Å². The summed E-state index contributed by atoms with van der Waals surface area (Å²) >= 11 is 0.